The molecule has 0 aliphatic rings. The van der Waals surface area contributed by atoms with Crippen LogP contribution in [0.1, 0.15) is 122 Å². The third-order valence-corrected chi connectivity index (χ3v) is 7.27. The van der Waals surface area contributed by atoms with Crippen molar-refractivity contribution < 1.29 is 32.8 Å². The predicted molar refractivity (Wildman–Crippen MR) is 118 cm³/mol. The van der Waals surface area contributed by atoms with Crippen molar-refractivity contribution in [1.82, 2.24) is 0 Å². The molecule has 0 rings (SSSR count). The normalized spacial score (nSPS) is 13.8. The summed E-state index contributed by atoms with van der Waals surface area (Å²) >= 11 is 0. The highest BCUT2D eigenvalue weighted by Gasteiger charge is 2.51. The van der Waals surface area contributed by atoms with Gasteiger partial charge < -0.3 is 10.2 Å². The Morgan fingerprint density at radius 3 is 1.27 bits per heavy atom. The molecule has 0 bridgehead atoms. The van der Waals surface area contributed by atoms with Crippen LogP contribution in [0.2, 0.25) is 0 Å². The van der Waals surface area contributed by atoms with Gasteiger partial charge in [0.15, 0.2) is 0 Å². The molecular formula is C22H42O7S. The van der Waals surface area contributed by atoms with Gasteiger partial charge >= 0.3 is 11.9 Å². The lowest BCUT2D eigenvalue weighted by Gasteiger charge is -2.24. The van der Waals surface area contributed by atoms with Crippen molar-refractivity contribution in [2.24, 2.45) is 0 Å². The van der Waals surface area contributed by atoms with Crippen LogP contribution >= 0.6 is 0 Å². The van der Waals surface area contributed by atoms with E-state index < -0.39 is 39.6 Å². The van der Waals surface area contributed by atoms with Gasteiger partial charge in [-0.05, 0) is 6.42 Å². The van der Waals surface area contributed by atoms with Crippen molar-refractivity contribution in [1.29, 1.82) is 0 Å². The molecule has 0 saturated carbocycles. The molecule has 0 spiro atoms. The summed E-state index contributed by atoms with van der Waals surface area (Å²) in [6, 6.07) is 0. The van der Waals surface area contributed by atoms with Crippen molar-refractivity contribution in [3.8, 4) is 0 Å². The zero-order chi connectivity index (χ0) is 22.9. The van der Waals surface area contributed by atoms with Gasteiger partial charge in [0.1, 0.15) is 0 Å². The molecule has 7 nitrogen and oxygen atoms in total. The van der Waals surface area contributed by atoms with Crippen LogP contribution in [0.25, 0.3) is 0 Å². The van der Waals surface area contributed by atoms with E-state index in [9.17, 15) is 27.7 Å². The average Bonchev–Trinajstić information content (AvgIpc) is 2.65. The van der Waals surface area contributed by atoms with Gasteiger partial charge in [0.25, 0.3) is 10.1 Å². The van der Waals surface area contributed by atoms with Gasteiger partial charge in [-0.15, -0.1) is 0 Å². The molecule has 0 aromatic heterocycles. The van der Waals surface area contributed by atoms with E-state index in [4.69, 9.17) is 5.11 Å². The molecule has 0 aliphatic carbocycles. The second-order valence-electron chi connectivity index (χ2n) is 8.40. The lowest BCUT2D eigenvalue weighted by Crippen LogP contribution is -2.48. The highest BCUT2D eigenvalue weighted by atomic mass is 32.2. The molecule has 0 aromatic rings. The Labute approximate surface area is 182 Å². The Morgan fingerprint density at radius 2 is 1.00 bits per heavy atom. The SMILES string of the molecule is CCCCCCCCCCCCCCCCCCC(CC(=O)O)(C(=O)O)S(=O)(=O)O. The zero-order valence-electron chi connectivity index (χ0n) is 18.6. The molecular weight excluding hydrogens is 408 g/mol. The molecule has 0 saturated heterocycles. The quantitative estimate of drug-likeness (QED) is 0.148. The Morgan fingerprint density at radius 1 is 0.667 bits per heavy atom. The van der Waals surface area contributed by atoms with Gasteiger partial charge in [-0.1, -0.05) is 110 Å². The van der Waals surface area contributed by atoms with E-state index in [-0.39, 0.29) is 6.42 Å². The summed E-state index contributed by atoms with van der Waals surface area (Å²) in [5.74, 6) is -3.38. The fourth-order valence-electron chi connectivity index (χ4n) is 3.80. The third-order valence-electron chi connectivity index (χ3n) is 5.75. The average molecular weight is 451 g/mol. The van der Waals surface area contributed by atoms with Crippen LogP contribution in [-0.4, -0.2) is 39.9 Å². The van der Waals surface area contributed by atoms with E-state index in [1.165, 1.54) is 70.6 Å². The molecule has 0 amide bonds. The second kappa shape index (κ2) is 16.5. The third kappa shape index (κ3) is 12.5. The number of hydrogen-bond acceptors (Lipinski definition) is 4. The minimum absolute atomic E-state index is 0.248. The summed E-state index contributed by atoms with van der Waals surface area (Å²) in [7, 11) is -5.02. The second-order valence-corrected chi connectivity index (χ2v) is 10.1. The van der Waals surface area contributed by atoms with Crippen LogP contribution in [0, 0.1) is 0 Å². The fourth-order valence-corrected chi connectivity index (χ4v) is 4.73. The summed E-state index contributed by atoms with van der Waals surface area (Å²) in [6.07, 6.45) is 16.6. The fraction of sp³-hybridized carbons (Fsp3) is 0.909. The molecule has 0 fully saturated rings. The maximum atomic E-state index is 11.5. The minimum atomic E-state index is -5.02. The summed E-state index contributed by atoms with van der Waals surface area (Å²) in [5.41, 5.74) is 0. The molecule has 30 heavy (non-hydrogen) atoms. The van der Waals surface area contributed by atoms with Gasteiger partial charge in [-0.2, -0.15) is 8.42 Å². The number of unbranched alkanes of at least 4 members (excludes halogenated alkanes) is 15. The monoisotopic (exact) mass is 450 g/mol. The maximum absolute atomic E-state index is 11.5. The van der Waals surface area contributed by atoms with Gasteiger partial charge in [-0.25, -0.2) is 0 Å². The lowest BCUT2D eigenvalue weighted by atomic mass is 9.96. The maximum Gasteiger partial charge on any atom is 0.328 e. The smallest absolute Gasteiger partial charge is 0.328 e. The highest BCUT2D eigenvalue weighted by molar-refractivity contribution is 7.88. The first kappa shape index (κ1) is 28.9. The first-order valence-corrected chi connectivity index (χ1v) is 13.0. The van der Waals surface area contributed by atoms with Crippen molar-refractivity contribution in [3.63, 3.8) is 0 Å². The number of aliphatic carboxylic acids is 2. The first-order chi connectivity index (χ1) is 14.2. The van der Waals surface area contributed by atoms with Gasteiger partial charge in [0, 0.05) is 0 Å². The first-order valence-electron chi connectivity index (χ1n) is 11.6. The van der Waals surface area contributed by atoms with E-state index >= 15 is 0 Å². The molecule has 3 N–H and O–H groups in total. The van der Waals surface area contributed by atoms with Crippen LogP contribution in [0.4, 0.5) is 0 Å². The molecule has 8 heteroatoms. The minimum Gasteiger partial charge on any atom is -0.481 e. The zero-order valence-corrected chi connectivity index (χ0v) is 19.4. The Kier molecular flexibility index (Phi) is 15.9. The van der Waals surface area contributed by atoms with Crippen molar-refractivity contribution in [3.05, 3.63) is 0 Å². The molecule has 1 unspecified atom stereocenters. The van der Waals surface area contributed by atoms with E-state index in [2.05, 4.69) is 6.92 Å². The number of rotatable bonds is 21. The Hall–Kier alpha value is -1.15. The predicted octanol–water partition coefficient (Wildman–Crippen LogP) is 5.82. The van der Waals surface area contributed by atoms with Crippen molar-refractivity contribution >= 4 is 22.1 Å². The standard InChI is InChI=1S/C22H42O7S/c1-2-3-4-5-6-7-8-9-10-11-12-13-14-15-16-17-18-22(21(25)26,19-20(23)24)30(27,28)29/h2-19H2,1H3,(H,23,24)(H,25,26)(H,27,28,29). The van der Waals surface area contributed by atoms with E-state index in [1.807, 2.05) is 0 Å². The largest absolute Gasteiger partial charge is 0.481 e. The molecule has 0 heterocycles. The van der Waals surface area contributed by atoms with Gasteiger partial charge in [0.2, 0.25) is 4.75 Å². The molecule has 0 radical (unpaired) electrons. The summed E-state index contributed by atoms with van der Waals surface area (Å²) in [4.78, 5) is 22.3. The van der Waals surface area contributed by atoms with E-state index in [1.54, 1.807) is 0 Å². The highest BCUT2D eigenvalue weighted by Crippen LogP contribution is 2.29. The van der Waals surface area contributed by atoms with Gasteiger partial charge in [-0.3, -0.25) is 14.1 Å². The number of carbonyl (C=O) groups is 2. The van der Waals surface area contributed by atoms with E-state index in [0.29, 0.717) is 6.42 Å². The lowest BCUT2D eigenvalue weighted by molar-refractivity contribution is -0.147. The van der Waals surface area contributed by atoms with E-state index in [0.717, 1.165) is 19.3 Å². The molecule has 0 aliphatic heterocycles. The van der Waals surface area contributed by atoms with Crippen LogP contribution < -0.4 is 0 Å². The summed E-state index contributed by atoms with van der Waals surface area (Å²) < 4.78 is 29.7. The Bertz CT molecular complexity index is 574. The molecule has 178 valence electrons. The van der Waals surface area contributed by atoms with Crippen LogP contribution in [-0.2, 0) is 19.7 Å². The molecule has 1 atom stereocenters. The number of hydrogen-bond donors (Lipinski definition) is 3. The Balaban J connectivity index is 3.81. The van der Waals surface area contributed by atoms with Crippen LogP contribution in [0.15, 0.2) is 0 Å². The topological polar surface area (TPSA) is 129 Å². The van der Waals surface area contributed by atoms with Crippen molar-refractivity contribution in [2.75, 3.05) is 0 Å². The van der Waals surface area contributed by atoms with Crippen LogP contribution in [0.3, 0.4) is 0 Å². The number of carboxylic acid groups (broad SMARTS) is 2. The van der Waals surface area contributed by atoms with Gasteiger partial charge in [0.05, 0.1) is 6.42 Å². The number of carboxylic acids is 2. The molecule has 0 aromatic carbocycles. The van der Waals surface area contributed by atoms with Crippen molar-refractivity contribution in [2.45, 2.75) is 127 Å². The summed E-state index contributed by atoms with van der Waals surface area (Å²) in [6.45, 7) is 2.23. The summed E-state index contributed by atoms with van der Waals surface area (Å²) in [5, 5.41) is 18.1. The van der Waals surface area contributed by atoms with Crippen LogP contribution in [0.5, 0.6) is 0 Å².